The van der Waals surface area contributed by atoms with Crippen LogP contribution < -0.4 is 9.64 Å². The van der Waals surface area contributed by atoms with Gasteiger partial charge in [-0.05, 0) is 19.9 Å². The molecule has 1 aromatic heterocycles. The maximum absolute atomic E-state index is 12.5. The summed E-state index contributed by atoms with van der Waals surface area (Å²) in [5.74, 6) is 0.220. The summed E-state index contributed by atoms with van der Waals surface area (Å²) in [7, 11) is 0. The second-order valence-electron chi connectivity index (χ2n) is 6.47. The molecule has 0 atom stereocenters. The molecule has 0 saturated heterocycles. The lowest BCUT2D eigenvalue weighted by Gasteiger charge is -2.24. The van der Waals surface area contributed by atoms with Crippen molar-refractivity contribution >= 4 is 33.8 Å². The summed E-state index contributed by atoms with van der Waals surface area (Å²) in [6, 6.07) is 16.0. The molecule has 0 spiro atoms. The zero-order chi connectivity index (χ0) is 19.5. The molecule has 4 rings (SSSR count). The number of hydrogen-bond acceptors (Lipinski definition) is 6. The molecule has 0 saturated carbocycles. The van der Waals surface area contributed by atoms with Crippen molar-refractivity contribution in [3.8, 4) is 17.0 Å². The molecule has 2 heterocycles. The summed E-state index contributed by atoms with van der Waals surface area (Å²) in [6.45, 7) is 6.03. The molecule has 6 heteroatoms. The van der Waals surface area contributed by atoms with E-state index in [1.807, 2.05) is 47.8 Å². The van der Waals surface area contributed by atoms with Crippen LogP contribution in [0.2, 0.25) is 0 Å². The predicted molar refractivity (Wildman–Crippen MR) is 114 cm³/mol. The number of anilines is 1. The number of aromatic nitrogens is 1. The van der Waals surface area contributed by atoms with E-state index in [1.165, 1.54) is 11.3 Å². The monoisotopic (exact) mass is 391 g/mol. The van der Waals surface area contributed by atoms with Gasteiger partial charge in [0.2, 0.25) is 5.13 Å². The molecule has 142 valence electrons. The average molecular weight is 391 g/mol. The lowest BCUT2D eigenvalue weighted by Crippen LogP contribution is -2.28. The van der Waals surface area contributed by atoms with E-state index >= 15 is 0 Å². The van der Waals surface area contributed by atoms with Gasteiger partial charge in [0.25, 0.3) is 0 Å². The number of esters is 1. The van der Waals surface area contributed by atoms with Gasteiger partial charge in [0, 0.05) is 47.8 Å². The number of rotatable bonds is 5. The van der Waals surface area contributed by atoms with Gasteiger partial charge >= 0.3 is 5.97 Å². The van der Waals surface area contributed by atoms with Gasteiger partial charge in [-0.1, -0.05) is 36.4 Å². The first-order chi connectivity index (χ1) is 13.7. The minimum Gasteiger partial charge on any atom is -0.422 e. The van der Waals surface area contributed by atoms with Crippen LogP contribution in [0.25, 0.3) is 11.3 Å². The van der Waals surface area contributed by atoms with E-state index in [9.17, 15) is 4.79 Å². The first-order valence-electron chi connectivity index (χ1n) is 9.36. The Kier molecular flexibility index (Phi) is 5.21. The highest BCUT2D eigenvalue weighted by Gasteiger charge is 2.25. The Morgan fingerprint density at radius 2 is 1.93 bits per heavy atom. The van der Waals surface area contributed by atoms with Crippen LogP contribution in [0.15, 0.2) is 58.9 Å². The second-order valence-corrected chi connectivity index (χ2v) is 7.31. The van der Waals surface area contributed by atoms with Crippen LogP contribution in [0.1, 0.15) is 19.4 Å². The van der Waals surface area contributed by atoms with E-state index < -0.39 is 5.97 Å². The van der Waals surface area contributed by atoms with Crippen molar-refractivity contribution in [2.75, 3.05) is 18.0 Å². The Bertz CT molecular complexity index is 1020. The fourth-order valence-corrected chi connectivity index (χ4v) is 3.96. The average Bonchev–Trinajstić information content (AvgIpc) is 3.19. The molecule has 0 radical (unpaired) electrons. The normalized spacial score (nSPS) is 14.6. The number of nitrogens with zero attached hydrogens (tertiary/aromatic N) is 3. The first-order valence-corrected chi connectivity index (χ1v) is 10.2. The number of carbonyl (C=O) groups is 1. The van der Waals surface area contributed by atoms with E-state index in [0.29, 0.717) is 23.0 Å². The highest BCUT2D eigenvalue weighted by atomic mass is 32.1. The number of aliphatic imine (C=N–C) groups is 1. The summed E-state index contributed by atoms with van der Waals surface area (Å²) in [4.78, 5) is 23.7. The van der Waals surface area contributed by atoms with Gasteiger partial charge < -0.3 is 9.64 Å². The molecule has 0 N–H and O–H groups in total. The van der Waals surface area contributed by atoms with Crippen molar-refractivity contribution in [1.82, 2.24) is 4.98 Å². The van der Waals surface area contributed by atoms with E-state index in [0.717, 1.165) is 35.6 Å². The summed E-state index contributed by atoms with van der Waals surface area (Å²) in [6.07, 6.45) is 0.451. The van der Waals surface area contributed by atoms with Crippen LogP contribution in [0, 0.1) is 0 Å². The van der Waals surface area contributed by atoms with Gasteiger partial charge in [-0.3, -0.25) is 0 Å². The zero-order valence-corrected chi connectivity index (χ0v) is 16.7. The van der Waals surface area contributed by atoms with Gasteiger partial charge in [0.1, 0.15) is 11.5 Å². The Morgan fingerprint density at radius 1 is 1.14 bits per heavy atom. The van der Waals surface area contributed by atoms with Gasteiger partial charge in [-0.2, -0.15) is 0 Å². The molecule has 0 fully saturated rings. The Balaban J connectivity index is 1.58. The van der Waals surface area contributed by atoms with Gasteiger partial charge in [-0.15, -0.1) is 11.3 Å². The van der Waals surface area contributed by atoms with Crippen molar-refractivity contribution in [3.05, 3.63) is 59.5 Å². The van der Waals surface area contributed by atoms with Gasteiger partial charge in [0.05, 0.1) is 5.69 Å². The van der Waals surface area contributed by atoms with E-state index in [4.69, 9.17) is 4.74 Å². The minimum atomic E-state index is -0.402. The van der Waals surface area contributed by atoms with Crippen LogP contribution >= 0.6 is 11.3 Å². The highest BCUT2D eigenvalue weighted by Crippen LogP contribution is 2.31. The number of benzene rings is 2. The smallest absolute Gasteiger partial charge is 0.358 e. The fraction of sp³-hybridized carbons (Fsp3) is 0.227. The minimum absolute atomic E-state index is 0.386. The fourth-order valence-electron chi connectivity index (χ4n) is 3.24. The third-order valence-corrected chi connectivity index (χ3v) is 5.50. The SMILES string of the molecule is CCN(CC)c1ccc2c(c1)OC(=O)/C(=N\c1nc(-c3ccccc3)cs1)C2. The molecular formula is C22H21N3O2S. The summed E-state index contributed by atoms with van der Waals surface area (Å²) in [5, 5.41) is 2.52. The standard InChI is InChI=1S/C22H21N3O2S/c1-3-25(4-2)17-11-10-16-12-18(21(26)27-20(16)13-17)23-22-24-19(14-28-22)15-8-6-5-7-9-15/h5-11,13-14H,3-4,12H2,1-2H3/b23-18-. The lowest BCUT2D eigenvalue weighted by molar-refractivity contribution is -0.127. The van der Waals surface area contributed by atoms with Crippen LogP contribution in [0.4, 0.5) is 10.8 Å². The molecule has 2 aromatic carbocycles. The molecule has 5 nitrogen and oxygen atoms in total. The predicted octanol–water partition coefficient (Wildman–Crippen LogP) is 4.89. The van der Waals surface area contributed by atoms with Crippen molar-refractivity contribution in [3.63, 3.8) is 0 Å². The number of ether oxygens (including phenoxy) is 1. The number of fused-ring (bicyclic) bond motifs is 1. The Labute approximate surface area is 168 Å². The maximum atomic E-state index is 12.5. The van der Waals surface area contributed by atoms with E-state index in [2.05, 4.69) is 34.8 Å². The molecule has 0 bridgehead atoms. The van der Waals surface area contributed by atoms with Crippen molar-refractivity contribution < 1.29 is 9.53 Å². The third-order valence-electron chi connectivity index (χ3n) is 4.77. The molecule has 1 aliphatic heterocycles. The first kappa shape index (κ1) is 18.4. The lowest BCUT2D eigenvalue weighted by atomic mass is 10.0. The number of hydrogen-bond donors (Lipinski definition) is 0. The zero-order valence-electron chi connectivity index (χ0n) is 15.9. The van der Waals surface area contributed by atoms with Crippen LogP contribution in [-0.2, 0) is 11.2 Å². The second kappa shape index (κ2) is 7.94. The molecule has 3 aromatic rings. The molecular weight excluding hydrogens is 370 g/mol. The third kappa shape index (κ3) is 3.68. The maximum Gasteiger partial charge on any atom is 0.358 e. The summed E-state index contributed by atoms with van der Waals surface area (Å²) < 4.78 is 5.57. The molecule has 0 aliphatic carbocycles. The molecule has 0 unspecified atom stereocenters. The topological polar surface area (TPSA) is 54.8 Å². The van der Waals surface area contributed by atoms with Gasteiger partial charge in [-0.25, -0.2) is 14.8 Å². The van der Waals surface area contributed by atoms with Crippen LogP contribution in [-0.4, -0.2) is 29.8 Å². The van der Waals surface area contributed by atoms with Gasteiger partial charge in [0.15, 0.2) is 0 Å². The van der Waals surface area contributed by atoms with Crippen molar-refractivity contribution in [2.45, 2.75) is 20.3 Å². The number of carbonyl (C=O) groups excluding carboxylic acids is 1. The largest absolute Gasteiger partial charge is 0.422 e. The van der Waals surface area contributed by atoms with E-state index in [1.54, 1.807) is 0 Å². The molecule has 1 aliphatic rings. The Hall–Kier alpha value is -2.99. The van der Waals surface area contributed by atoms with Crippen LogP contribution in [0.3, 0.4) is 0 Å². The van der Waals surface area contributed by atoms with Crippen LogP contribution in [0.5, 0.6) is 5.75 Å². The Morgan fingerprint density at radius 3 is 2.68 bits per heavy atom. The summed E-state index contributed by atoms with van der Waals surface area (Å²) in [5.41, 5.74) is 4.31. The quantitative estimate of drug-likeness (QED) is 0.459. The van der Waals surface area contributed by atoms with Crippen molar-refractivity contribution in [1.29, 1.82) is 0 Å². The van der Waals surface area contributed by atoms with Crippen molar-refractivity contribution in [2.24, 2.45) is 4.99 Å². The number of thiazole rings is 1. The summed E-state index contributed by atoms with van der Waals surface area (Å²) >= 11 is 1.42. The molecule has 28 heavy (non-hydrogen) atoms. The highest BCUT2D eigenvalue weighted by molar-refractivity contribution is 7.13. The van der Waals surface area contributed by atoms with E-state index in [-0.39, 0.29) is 0 Å². The molecule has 0 amide bonds.